The van der Waals surface area contributed by atoms with Crippen LogP contribution in [0.25, 0.3) is 0 Å². The summed E-state index contributed by atoms with van der Waals surface area (Å²) >= 11 is 0. The first-order valence-electron chi connectivity index (χ1n) is 41.5. The number of carbonyl (C=O) groups excluding carboxylic acids is 4. The zero-order valence-electron chi connectivity index (χ0n) is 64.8. The van der Waals surface area contributed by atoms with Crippen LogP contribution in [0.3, 0.4) is 0 Å². The van der Waals surface area contributed by atoms with E-state index in [0.29, 0.717) is 31.6 Å². The number of esters is 4. The molecular weight excluding hydrogens is 1290 g/mol. The Hall–Kier alpha value is -1.94. The highest BCUT2D eigenvalue weighted by Gasteiger charge is 2.30. The molecule has 0 aliphatic heterocycles. The fourth-order valence-electron chi connectivity index (χ4n) is 12.4. The molecule has 0 aromatic carbocycles. The Morgan fingerprint density at radius 3 is 0.687 bits per heavy atom. The number of aliphatic hydroxyl groups is 1. The van der Waals surface area contributed by atoms with Gasteiger partial charge in [-0.05, 0) is 37.5 Å². The van der Waals surface area contributed by atoms with E-state index in [0.717, 1.165) is 102 Å². The molecule has 2 unspecified atom stereocenters. The predicted molar refractivity (Wildman–Crippen MR) is 405 cm³/mol. The molecule has 0 heterocycles. The largest absolute Gasteiger partial charge is 0.472 e. The molecule has 0 aromatic heterocycles. The minimum atomic E-state index is -4.96. The van der Waals surface area contributed by atoms with Crippen LogP contribution < -0.4 is 0 Å². The number of ether oxygens (including phenoxy) is 4. The third kappa shape index (κ3) is 74.1. The van der Waals surface area contributed by atoms with E-state index in [-0.39, 0.29) is 25.7 Å². The van der Waals surface area contributed by atoms with Gasteiger partial charge in [0.2, 0.25) is 0 Å². The van der Waals surface area contributed by atoms with Crippen molar-refractivity contribution in [2.75, 3.05) is 39.6 Å². The molecule has 0 aromatic rings. The summed E-state index contributed by atoms with van der Waals surface area (Å²) in [6.45, 7) is 9.61. The quantitative estimate of drug-likeness (QED) is 0.0222. The number of phosphoric ester groups is 2. The number of aliphatic hydroxyl groups excluding tert-OH is 1. The molecule has 0 bridgehead atoms. The van der Waals surface area contributed by atoms with Gasteiger partial charge in [0.1, 0.15) is 19.3 Å². The lowest BCUT2D eigenvalue weighted by Gasteiger charge is -2.21. The van der Waals surface area contributed by atoms with Gasteiger partial charge in [0.15, 0.2) is 12.2 Å². The minimum Gasteiger partial charge on any atom is -0.462 e. The molecule has 3 N–H and O–H groups in total. The number of hydrogen-bond donors (Lipinski definition) is 3. The molecule has 0 saturated carbocycles. The van der Waals surface area contributed by atoms with Crippen molar-refractivity contribution in [1.82, 2.24) is 0 Å². The molecule has 0 saturated heterocycles. The van der Waals surface area contributed by atoms with E-state index in [1.54, 1.807) is 0 Å². The van der Waals surface area contributed by atoms with Gasteiger partial charge in [-0.15, -0.1) is 0 Å². The third-order valence-corrected chi connectivity index (χ3v) is 20.6. The fraction of sp³-hybridized carbons (Fsp3) is 0.950. The van der Waals surface area contributed by atoms with Gasteiger partial charge in [0.25, 0.3) is 0 Å². The van der Waals surface area contributed by atoms with Crippen molar-refractivity contribution in [3.63, 3.8) is 0 Å². The second kappa shape index (κ2) is 71.7. The Bertz CT molecular complexity index is 1910. The van der Waals surface area contributed by atoms with E-state index in [2.05, 4.69) is 41.5 Å². The van der Waals surface area contributed by atoms with Crippen LogP contribution in [0.4, 0.5) is 0 Å². The molecule has 0 rings (SSSR count). The molecule has 0 radical (unpaired) electrons. The predicted octanol–water partition coefficient (Wildman–Crippen LogP) is 23.9. The first kappa shape index (κ1) is 97.1. The van der Waals surface area contributed by atoms with Gasteiger partial charge in [-0.25, -0.2) is 9.13 Å². The summed E-state index contributed by atoms with van der Waals surface area (Å²) in [5.41, 5.74) is 0. The van der Waals surface area contributed by atoms with Crippen molar-refractivity contribution < 1.29 is 80.2 Å². The molecule has 0 aliphatic carbocycles. The zero-order valence-corrected chi connectivity index (χ0v) is 66.6. The van der Waals surface area contributed by atoms with Gasteiger partial charge in [0.05, 0.1) is 26.4 Å². The molecular formula is C80H156O17P2. The monoisotopic (exact) mass is 1450 g/mol. The van der Waals surface area contributed by atoms with Crippen LogP contribution in [0.5, 0.6) is 0 Å². The van der Waals surface area contributed by atoms with Crippen LogP contribution >= 0.6 is 15.6 Å². The summed E-state index contributed by atoms with van der Waals surface area (Å²) in [4.78, 5) is 73.0. The average molecular weight is 1450 g/mol. The van der Waals surface area contributed by atoms with Crippen molar-refractivity contribution >= 4 is 39.5 Å². The number of phosphoric acid groups is 2. The van der Waals surface area contributed by atoms with Gasteiger partial charge in [-0.3, -0.25) is 37.3 Å². The molecule has 0 amide bonds. The van der Waals surface area contributed by atoms with Crippen LogP contribution in [0, 0.1) is 11.8 Å². The lowest BCUT2D eigenvalue weighted by atomic mass is 10.0. The summed E-state index contributed by atoms with van der Waals surface area (Å²) in [6, 6.07) is 0. The smallest absolute Gasteiger partial charge is 0.462 e. The Balaban J connectivity index is 5.24. The normalized spacial score (nSPS) is 13.9. The van der Waals surface area contributed by atoms with Gasteiger partial charge in [-0.1, -0.05) is 369 Å². The van der Waals surface area contributed by atoms with Gasteiger partial charge < -0.3 is 33.8 Å². The second-order valence-corrected chi connectivity index (χ2v) is 32.7. The van der Waals surface area contributed by atoms with Gasteiger partial charge in [-0.2, -0.15) is 0 Å². The molecule has 0 aliphatic rings. The average Bonchev–Trinajstić information content (AvgIpc) is 0.999. The van der Waals surface area contributed by atoms with E-state index in [1.807, 2.05) is 0 Å². The first-order chi connectivity index (χ1) is 47.9. The number of rotatable bonds is 79. The fourth-order valence-corrected chi connectivity index (χ4v) is 13.9. The first-order valence-corrected chi connectivity index (χ1v) is 44.5. The van der Waals surface area contributed by atoms with Crippen molar-refractivity contribution in [3.8, 4) is 0 Å². The van der Waals surface area contributed by atoms with Crippen molar-refractivity contribution in [3.05, 3.63) is 0 Å². The maximum atomic E-state index is 13.1. The Kier molecular flexibility index (Phi) is 70.3. The maximum Gasteiger partial charge on any atom is 0.472 e. The second-order valence-electron chi connectivity index (χ2n) is 29.8. The van der Waals surface area contributed by atoms with Crippen LogP contribution in [0.1, 0.15) is 420 Å². The third-order valence-electron chi connectivity index (χ3n) is 18.7. The molecule has 5 atom stereocenters. The van der Waals surface area contributed by atoms with Crippen molar-refractivity contribution in [2.45, 2.75) is 439 Å². The molecule has 17 nitrogen and oxygen atoms in total. The minimum absolute atomic E-state index is 0.108. The summed E-state index contributed by atoms with van der Waals surface area (Å²) in [5, 5.41) is 10.6. The van der Waals surface area contributed by atoms with Gasteiger partial charge >= 0.3 is 39.5 Å². The van der Waals surface area contributed by atoms with Crippen molar-refractivity contribution in [2.24, 2.45) is 11.8 Å². The molecule has 588 valence electrons. The highest BCUT2D eigenvalue weighted by atomic mass is 31.2. The van der Waals surface area contributed by atoms with E-state index in [9.17, 15) is 43.2 Å². The molecule has 99 heavy (non-hydrogen) atoms. The van der Waals surface area contributed by atoms with Crippen LogP contribution in [-0.4, -0.2) is 96.7 Å². The summed E-state index contributed by atoms with van der Waals surface area (Å²) in [6.07, 6.45) is 61.0. The van der Waals surface area contributed by atoms with E-state index >= 15 is 0 Å². The molecule has 0 fully saturated rings. The van der Waals surface area contributed by atoms with Gasteiger partial charge in [0, 0.05) is 25.7 Å². The van der Waals surface area contributed by atoms with Crippen molar-refractivity contribution in [1.29, 1.82) is 0 Å². The zero-order chi connectivity index (χ0) is 72.8. The standard InChI is InChI=1S/C80H156O17P2/c1-7-9-11-13-15-17-19-21-25-30-34-38-44-50-56-62-77(82)90-68-75(96-79(84)65-59-53-46-40-36-32-28-24-23-27-29-33-37-42-48-54-60-72(3)4)70-94-98(86,87)92-66-74(81)67-93-99(88,89)95-71-76(69-91-78(83)63-57-51-47-41-43-49-55-61-73(5)6)97-80(85)64-58-52-45-39-35-31-26-22-20-18-16-14-12-10-8-2/h72-76,81H,7-71H2,1-6H3,(H,86,87)(H,88,89)/t74-,75-,76-/m1/s1. The highest BCUT2D eigenvalue weighted by molar-refractivity contribution is 7.47. The molecule has 0 spiro atoms. The Morgan fingerprint density at radius 1 is 0.273 bits per heavy atom. The maximum absolute atomic E-state index is 13.1. The summed E-state index contributed by atoms with van der Waals surface area (Å²) in [7, 11) is -9.92. The van der Waals surface area contributed by atoms with Crippen LogP contribution in [0.15, 0.2) is 0 Å². The van der Waals surface area contributed by atoms with Crippen LogP contribution in [-0.2, 0) is 65.4 Å². The SMILES string of the molecule is CCCCCCCCCCCCCCCCCC(=O)OC[C@H](COP(=O)(O)OC[C@@H](O)COP(=O)(O)OC[C@@H](COC(=O)CCCCCCCCCC(C)C)OC(=O)CCCCCCCCCCCCCCCCC)OC(=O)CCCCCCCCCCCCCCCCCCC(C)C. The van der Waals surface area contributed by atoms with E-state index < -0.39 is 97.5 Å². The Morgan fingerprint density at radius 2 is 0.465 bits per heavy atom. The topological polar surface area (TPSA) is 237 Å². The van der Waals surface area contributed by atoms with E-state index in [1.165, 1.54) is 231 Å². The van der Waals surface area contributed by atoms with E-state index in [4.69, 9.17) is 37.0 Å². The lowest BCUT2D eigenvalue weighted by Crippen LogP contribution is -2.30. The number of hydrogen-bond acceptors (Lipinski definition) is 15. The number of carbonyl (C=O) groups is 4. The molecule has 19 heteroatoms. The lowest BCUT2D eigenvalue weighted by molar-refractivity contribution is -0.161. The van der Waals surface area contributed by atoms with Crippen LogP contribution in [0.2, 0.25) is 0 Å². The summed E-state index contributed by atoms with van der Waals surface area (Å²) < 4.78 is 68.7. The number of unbranched alkanes of at least 4 members (excludes halogenated alkanes) is 49. The summed E-state index contributed by atoms with van der Waals surface area (Å²) in [5.74, 6) is -0.594. The Labute approximate surface area is 607 Å². The highest BCUT2D eigenvalue weighted by Crippen LogP contribution is 2.45.